The van der Waals surface area contributed by atoms with Gasteiger partial charge >= 0.3 is 0 Å². The highest BCUT2D eigenvalue weighted by molar-refractivity contribution is 6.33. The van der Waals surface area contributed by atoms with Gasteiger partial charge in [-0.3, -0.25) is 4.79 Å². The fraction of sp³-hybridized carbons (Fsp3) is 0.500. The molecule has 1 atom stereocenters. The van der Waals surface area contributed by atoms with E-state index < -0.39 is 0 Å². The number of ketones is 1. The van der Waals surface area contributed by atoms with Crippen LogP contribution in [0.15, 0.2) is 30.5 Å². The third kappa shape index (κ3) is 5.46. The molecule has 0 spiro atoms. The van der Waals surface area contributed by atoms with E-state index >= 15 is 0 Å². The fourth-order valence-electron chi connectivity index (χ4n) is 3.91. The maximum atomic E-state index is 11.4. The molecule has 6 nitrogen and oxygen atoms in total. The van der Waals surface area contributed by atoms with E-state index in [0.29, 0.717) is 29.6 Å². The molecule has 1 aliphatic heterocycles. The van der Waals surface area contributed by atoms with Gasteiger partial charge in [0.15, 0.2) is 0 Å². The Morgan fingerprint density at radius 3 is 2.83 bits per heavy atom. The van der Waals surface area contributed by atoms with Gasteiger partial charge in [-0.1, -0.05) is 17.7 Å². The van der Waals surface area contributed by atoms with Gasteiger partial charge in [-0.25, -0.2) is 9.97 Å². The van der Waals surface area contributed by atoms with Crippen LogP contribution >= 0.6 is 11.6 Å². The second-order valence-electron chi connectivity index (χ2n) is 7.88. The lowest BCUT2D eigenvalue weighted by Crippen LogP contribution is -2.26. The van der Waals surface area contributed by atoms with Gasteiger partial charge in [0.1, 0.15) is 17.4 Å². The monoisotopic (exact) mass is 414 g/mol. The first-order valence-electron chi connectivity index (χ1n) is 10.4. The van der Waals surface area contributed by atoms with Gasteiger partial charge in [0.25, 0.3) is 0 Å². The van der Waals surface area contributed by atoms with Crippen molar-refractivity contribution in [2.24, 2.45) is 5.92 Å². The van der Waals surface area contributed by atoms with Gasteiger partial charge in [-0.05, 0) is 49.8 Å². The van der Waals surface area contributed by atoms with E-state index in [1.54, 1.807) is 6.20 Å². The number of carbonyl (C=O) groups is 1. The zero-order chi connectivity index (χ0) is 20.1. The minimum atomic E-state index is 0.271. The second-order valence-corrected chi connectivity index (χ2v) is 8.29. The summed E-state index contributed by atoms with van der Waals surface area (Å²) in [5.74, 6) is 2.47. The van der Waals surface area contributed by atoms with Gasteiger partial charge in [0.05, 0.1) is 17.3 Å². The molecule has 0 radical (unpaired) electrons. The number of nitrogens with zero attached hydrogens (tertiary/aromatic N) is 2. The summed E-state index contributed by atoms with van der Waals surface area (Å²) in [5, 5.41) is 7.44. The molecule has 4 rings (SSSR count). The van der Waals surface area contributed by atoms with E-state index in [4.69, 9.17) is 21.3 Å². The van der Waals surface area contributed by atoms with Crippen LogP contribution in [0.2, 0.25) is 5.02 Å². The van der Waals surface area contributed by atoms with E-state index in [1.807, 2.05) is 24.3 Å². The SMILES string of the molecule is O=C1CCC(Nc2cc(-c3cccc(NCC4CCCOC4)n3)c(Cl)cn2)CC1. The minimum absolute atomic E-state index is 0.271. The van der Waals surface area contributed by atoms with Crippen molar-refractivity contribution in [2.75, 3.05) is 30.4 Å². The number of hydrogen-bond donors (Lipinski definition) is 2. The highest BCUT2D eigenvalue weighted by atomic mass is 35.5. The molecule has 2 aromatic rings. The quantitative estimate of drug-likeness (QED) is 0.721. The molecule has 0 aromatic carbocycles. The molecule has 1 saturated carbocycles. The van der Waals surface area contributed by atoms with E-state index in [-0.39, 0.29) is 6.04 Å². The van der Waals surface area contributed by atoms with Crippen molar-refractivity contribution in [2.45, 2.75) is 44.6 Å². The van der Waals surface area contributed by atoms with Crippen LogP contribution in [-0.2, 0) is 9.53 Å². The number of halogens is 1. The van der Waals surface area contributed by atoms with Gasteiger partial charge in [-0.15, -0.1) is 0 Å². The molecular formula is C22H27ClN4O2. The lowest BCUT2D eigenvalue weighted by molar-refractivity contribution is -0.120. The van der Waals surface area contributed by atoms with Gasteiger partial charge in [0.2, 0.25) is 0 Å². The Bertz CT molecular complexity index is 844. The Kier molecular flexibility index (Phi) is 6.62. The van der Waals surface area contributed by atoms with Crippen molar-refractivity contribution < 1.29 is 9.53 Å². The molecule has 0 bridgehead atoms. The standard InChI is InChI=1S/C22H27ClN4O2/c23-19-13-25-22(26-16-6-8-17(28)9-7-16)11-18(19)20-4-1-5-21(27-20)24-12-15-3-2-10-29-14-15/h1,4-5,11,13,15-16H,2-3,6-10,12,14H2,(H,24,27)(H,25,26). The topological polar surface area (TPSA) is 76.1 Å². The van der Waals surface area contributed by atoms with Crippen molar-refractivity contribution in [1.82, 2.24) is 9.97 Å². The van der Waals surface area contributed by atoms with E-state index in [9.17, 15) is 4.79 Å². The summed E-state index contributed by atoms with van der Waals surface area (Å²) in [7, 11) is 0. The Hall–Kier alpha value is -2.18. The predicted molar refractivity (Wildman–Crippen MR) is 115 cm³/mol. The first-order valence-corrected chi connectivity index (χ1v) is 10.8. The maximum absolute atomic E-state index is 11.4. The average Bonchev–Trinajstić information content (AvgIpc) is 2.76. The van der Waals surface area contributed by atoms with E-state index in [2.05, 4.69) is 15.6 Å². The molecule has 1 aliphatic carbocycles. The van der Waals surface area contributed by atoms with Crippen molar-refractivity contribution in [3.05, 3.63) is 35.5 Å². The van der Waals surface area contributed by atoms with Crippen LogP contribution in [0.1, 0.15) is 38.5 Å². The zero-order valence-corrected chi connectivity index (χ0v) is 17.3. The second kappa shape index (κ2) is 9.55. The third-order valence-electron chi connectivity index (χ3n) is 5.60. The lowest BCUT2D eigenvalue weighted by Gasteiger charge is -2.23. The summed E-state index contributed by atoms with van der Waals surface area (Å²) < 4.78 is 5.55. The molecular weight excluding hydrogens is 388 g/mol. The van der Waals surface area contributed by atoms with Crippen molar-refractivity contribution in [3.8, 4) is 11.3 Å². The predicted octanol–water partition coefficient (Wildman–Crippen LogP) is 4.56. The van der Waals surface area contributed by atoms with Gasteiger partial charge in [-0.2, -0.15) is 0 Å². The number of hydrogen-bond acceptors (Lipinski definition) is 6. The van der Waals surface area contributed by atoms with E-state index in [0.717, 1.165) is 61.9 Å². The average molecular weight is 415 g/mol. The van der Waals surface area contributed by atoms with Gasteiger partial charge < -0.3 is 15.4 Å². The smallest absolute Gasteiger partial charge is 0.133 e. The Balaban J connectivity index is 1.45. The Morgan fingerprint density at radius 2 is 2.03 bits per heavy atom. The first kappa shape index (κ1) is 20.1. The fourth-order valence-corrected chi connectivity index (χ4v) is 4.11. The molecule has 2 N–H and O–H groups in total. The van der Waals surface area contributed by atoms with Crippen LogP contribution in [0.4, 0.5) is 11.6 Å². The summed E-state index contributed by atoms with van der Waals surface area (Å²) >= 11 is 6.43. The summed E-state index contributed by atoms with van der Waals surface area (Å²) in [6, 6.07) is 8.13. The number of ether oxygens (including phenoxy) is 1. The summed E-state index contributed by atoms with van der Waals surface area (Å²) in [6.45, 7) is 2.54. The number of pyridine rings is 2. The number of carbonyl (C=O) groups excluding carboxylic acids is 1. The highest BCUT2D eigenvalue weighted by Gasteiger charge is 2.19. The molecule has 3 heterocycles. The Labute approximate surface area is 176 Å². The normalized spacial score (nSPS) is 20.4. The summed E-state index contributed by atoms with van der Waals surface area (Å²) in [6.07, 6.45) is 6.94. The number of Topliss-reactive ketones (excluding diaryl/α,β-unsaturated/α-hetero) is 1. The van der Waals surface area contributed by atoms with Crippen molar-refractivity contribution in [3.63, 3.8) is 0 Å². The summed E-state index contributed by atoms with van der Waals surface area (Å²) in [5.41, 5.74) is 1.66. The van der Waals surface area contributed by atoms with Crippen LogP contribution in [-0.4, -0.2) is 41.6 Å². The van der Waals surface area contributed by atoms with Crippen molar-refractivity contribution in [1.29, 1.82) is 0 Å². The van der Waals surface area contributed by atoms with Crippen LogP contribution in [0, 0.1) is 5.92 Å². The van der Waals surface area contributed by atoms with E-state index in [1.165, 1.54) is 6.42 Å². The van der Waals surface area contributed by atoms with Crippen LogP contribution in [0.25, 0.3) is 11.3 Å². The largest absolute Gasteiger partial charge is 0.381 e. The molecule has 0 amide bonds. The van der Waals surface area contributed by atoms with Crippen LogP contribution in [0.3, 0.4) is 0 Å². The molecule has 7 heteroatoms. The Morgan fingerprint density at radius 1 is 1.17 bits per heavy atom. The molecule has 29 heavy (non-hydrogen) atoms. The van der Waals surface area contributed by atoms with Crippen LogP contribution < -0.4 is 10.6 Å². The zero-order valence-electron chi connectivity index (χ0n) is 16.5. The third-order valence-corrected chi connectivity index (χ3v) is 5.90. The minimum Gasteiger partial charge on any atom is -0.381 e. The lowest BCUT2D eigenvalue weighted by atomic mass is 9.94. The molecule has 2 aromatic heterocycles. The summed E-state index contributed by atoms with van der Waals surface area (Å²) in [4.78, 5) is 20.6. The van der Waals surface area contributed by atoms with Crippen LogP contribution in [0.5, 0.6) is 0 Å². The number of anilines is 2. The maximum Gasteiger partial charge on any atom is 0.133 e. The molecule has 1 unspecified atom stereocenters. The molecule has 2 fully saturated rings. The number of nitrogens with one attached hydrogen (secondary N) is 2. The first-order chi connectivity index (χ1) is 14.2. The molecule has 154 valence electrons. The number of aromatic nitrogens is 2. The number of rotatable bonds is 6. The van der Waals surface area contributed by atoms with Crippen molar-refractivity contribution >= 4 is 29.0 Å². The highest BCUT2D eigenvalue weighted by Crippen LogP contribution is 2.30. The molecule has 2 aliphatic rings. The molecule has 1 saturated heterocycles. The van der Waals surface area contributed by atoms with Gasteiger partial charge in [0, 0.05) is 43.8 Å².